The zero-order valence-corrected chi connectivity index (χ0v) is 10.4. The van der Waals surface area contributed by atoms with E-state index < -0.39 is 5.60 Å². The van der Waals surface area contributed by atoms with E-state index in [-0.39, 0.29) is 12.5 Å². The standard InChI is InChI=1S/C13H15N3O3/c17-13(6-7-14-9-13)12-15-11(16-19-12)8-18-10-4-2-1-3-5-10/h1-5,14,17H,6-9H2. The third-order valence-corrected chi connectivity index (χ3v) is 3.11. The Kier molecular flexibility index (Phi) is 3.18. The van der Waals surface area contributed by atoms with Gasteiger partial charge in [0, 0.05) is 6.54 Å². The predicted octanol–water partition coefficient (Wildman–Crippen LogP) is 0.829. The molecule has 0 amide bonds. The van der Waals surface area contributed by atoms with Gasteiger partial charge in [-0.1, -0.05) is 23.4 Å². The first kappa shape index (κ1) is 12.1. The van der Waals surface area contributed by atoms with E-state index in [1.165, 1.54) is 0 Å². The molecule has 1 saturated heterocycles. The fourth-order valence-corrected chi connectivity index (χ4v) is 2.03. The van der Waals surface area contributed by atoms with Gasteiger partial charge in [-0.25, -0.2) is 0 Å². The number of nitrogens with zero attached hydrogens (tertiary/aromatic N) is 2. The van der Waals surface area contributed by atoms with E-state index in [4.69, 9.17) is 9.26 Å². The number of ether oxygens (including phenoxy) is 1. The fourth-order valence-electron chi connectivity index (χ4n) is 2.03. The second-order valence-corrected chi connectivity index (χ2v) is 4.58. The Morgan fingerprint density at radius 1 is 1.37 bits per heavy atom. The highest BCUT2D eigenvalue weighted by Crippen LogP contribution is 2.26. The summed E-state index contributed by atoms with van der Waals surface area (Å²) in [6.45, 7) is 1.40. The van der Waals surface area contributed by atoms with Crippen LogP contribution < -0.4 is 10.1 Å². The number of benzene rings is 1. The Hall–Kier alpha value is -1.92. The number of nitrogens with one attached hydrogen (secondary N) is 1. The van der Waals surface area contributed by atoms with Crippen LogP contribution in [-0.4, -0.2) is 28.3 Å². The van der Waals surface area contributed by atoms with Crippen LogP contribution in [0.25, 0.3) is 0 Å². The van der Waals surface area contributed by atoms with Gasteiger partial charge in [0.05, 0.1) is 0 Å². The lowest BCUT2D eigenvalue weighted by Gasteiger charge is -2.14. The average molecular weight is 261 g/mol. The van der Waals surface area contributed by atoms with Crippen molar-refractivity contribution in [3.63, 3.8) is 0 Å². The van der Waals surface area contributed by atoms with Crippen LogP contribution in [0.2, 0.25) is 0 Å². The molecule has 1 aliphatic heterocycles. The number of aromatic nitrogens is 2. The van der Waals surface area contributed by atoms with Crippen LogP contribution in [0.5, 0.6) is 5.75 Å². The summed E-state index contributed by atoms with van der Waals surface area (Å²) in [6.07, 6.45) is 0.578. The minimum Gasteiger partial charge on any atom is -0.485 e. The van der Waals surface area contributed by atoms with Crippen LogP contribution in [0.1, 0.15) is 18.1 Å². The lowest BCUT2D eigenvalue weighted by Crippen LogP contribution is -2.28. The first-order valence-electron chi connectivity index (χ1n) is 6.20. The van der Waals surface area contributed by atoms with Gasteiger partial charge in [-0.2, -0.15) is 4.98 Å². The molecule has 1 unspecified atom stereocenters. The zero-order valence-electron chi connectivity index (χ0n) is 10.4. The highest BCUT2D eigenvalue weighted by molar-refractivity contribution is 5.21. The van der Waals surface area contributed by atoms with E-state index in [1.54, 1.807) is 0 Å². The van der Waals surface area contributed by atoms with Crippen molar-refractivity contribution in [2.24, 2.45) is 0 Å². The minimum atomic E-state index is -1.04. The van der Waals surface area contributed by atoms with Crippen molar-refractivity contribution < 1.29 is 14.4 Å². The molecule has 100 valence electrons. The molecule has 0 radical (unpaired) electrons. The van der Waals surface area contributed by atoms with Crippen molar-refractivity contribution in [1.29, 1.82) is 0 Å². The molecule has 6 heteroatoms. The van der Waals surface area contributed by atoms with E-state index in [0.29, 0.717) is 18.8 Å². The highest BCUT2D eigenvalue weighted by atomic mass is 16.5. The third kappa shape index (κ3) is 2.59. The molecule has 1 aromatic carbocycles. The largest absolute Gasteiger partial charge is 0.485 e. The second-order valence-electron chi connectivity index (χ2n) is 4.58. The monoisotopic (exact) mass is 261 g/mol. The Morgan fingerprint density at radius 3 is 2.95 bits per heavy atom. The maximum absolute atomic E-state index is 10.3. The molecule has 1 aliphatic rings. The van der Waals surface area contributed by atoms with Crippen LogP contribution in [0.15, 0.2) is 34.9 Å². The lowest BCUT2D eigenvalue weighted by molar-refractivity contribution is 0.0243. The summed E-state index contributed by atoms with van der Waals surface area (Å²) < 4.78 is 10.6. The summed E-state index contributed by atoms with van der Waals surface area (Å²) in [7, 11) is 0. The molecule has 19 heavy (non-hydrogen) atoms. The number of hydrogen-bond donors (Lipinski definition) is 2. The topological polar surface area (TPSA) is 80.4 Å². The Morgan fingerprint density at radius 2 is 2.21 bits per heavy atom. The van der Waals surface area contributed by atoms with Crippen molar-refractivity contribution in [2.45, 2.75) is 18.6 Å². The maximum atomic E-state index is 10.3. The van der Waals surface area contributed by atoms with Gasteiger partial charge < -0.3 is 19.7 Å². The minimum absolute atomic E-state index is 0.219. The van der Waals surface area contributed by atoms with Gasteiger partial charge in [0.1, 0.15) is 5.75 Å². The van der Waals surface area contributed by atoms with Crippen LogP contribution in [0.3, 0.4) is 0 Å². The Labute approximate surface area is 110 Å². The summed E-state index contributed by atoms with van der Waals surface area (Å²) in [5.41, 5.74) is -1.04. The van der Waals surface area contributed by atoms with Crippen LogP contribution in [-0.2, 0) is 12.2 Å². The van der Waals surface area contributed by atoms with Gasteiger partial charge in [-0.3, -0.25) is 0 Å². The van der Waals surface area contributed by atoms with Gasteiger partial charge >= 0.3 is 0 Å². The van der Waals surface area contributed by atoms with Crippen molar-refractivity contribution in [3.05, 3.63) is 42.0 Å². The summed E-state index contributed by atoms with van der Waals surface area (Å²) in [5.74, 6) is 1.43. The van der Waals surface area contributed by atoms with Crippen molar-refractivity contribution >= 4 is 0 Å². The van der Waals surface area contributed by atoms with E-state index >= 15 is 0 Å². The molecule has 0 bridgehead atoms. The quantitative estimate of drug-likeness (QED) is 0.848. The summed E-state index contributed by atoms with van der Waals surface area (Å²) in [4.78, 5) is 4.19. The first-order valence-corrected chi connectivity index (χ1v) is 6.20. The number of para-hydroxylation sites is 1. The number of hydrogen-bond acceptors (Lipinski definition) is 6. The summed E-state index contributed by atoms with van der Waals surface area (Å²) in [5, 5.41) is 17.2. The molecule has 2 N–H and O–H groups in total. The van der Waals surface area contributed by atoms with Gasteiger partial charge in [-0.05, 0) is 25.1 Å². The highest BCUT2D eigenvalue weighted by Gasteiger charge is 2.38. The van der Waals surface area contributed by atoms with Crippen molar-refractivity contribution in [3.8, 4) is 5.75 Å². The zero-order chi connectivity index (χ0) is 13.1. The SMILES string of the molecule is OC1(c2nc(COc3ccccc3)no2)CCNC1. The van der Waals surface area contributed by atoms with Crippen LogP contribution in [0.4, 0.5) is 0 Å². The summed E-state index contributed by atoms with van der Waals surface area (Å²) in [6, 6.07) is 9.42. The molecule has 1 aromatic heterocycles. The third-order valence-electron chi connectivity index (χ3n) is 3.11. The van der Waals surface area contributed by atoms with Crippen LogP contribution >= 0.6 is 0 Å². The Balaban J connectivity index is 1.65. The predicted molar refractivity (Wildman–Crippen MR) is 66.5 cm³/mol. The molecular weight excluding hydrogens is 246 g/mol. The van der Waals surface area contributed by atoms with Crippen molar-refractivity contribution in [2.75, 3.05) is 13.1 Å². The molecule has 2 aromatic rings. The van der Waals surface area contributed by atoms with Gasteiger partial charge in [0.15, 0.2) is 12.2 Å². The molecule has 2 heterocycles. The van der Waals surface area contributed by atoms with Gasteiger partial charge in [0.25, 0.3) is 5.89 Å². The van der Waals surface area contributed by atoms with E-state index in [9.17, 15) is 5.11 Å². The van der Waals surface area contributed by atoms with E-state index in [1.807, 2.05) is 30.3 Å². The van der Waals surface area contributed by atoms with E-state index in [0.717, 1.165) is 12.3 Å². The summed E-state index contributed by atoms with van der Waals surface area (Å²) >= 11 is 0. The average Bonchev–Trinajstić information content (AvgIpc) is 3.07. The smallest absolute Gasteiger partial charge is 0.260 e. The maximum Gasteiger partial charge on any atom is 0.260 e. The van der Waals surface area contributed by atoms with Gasteiger partial charge in [-0.15, -0.1) is 0 Å². The molecule has 3 rings (SSSR count). The number of aliphatic hydroxyl groups is 1. The number of rotatable bonds is 4. The molecule has 1 fully saturated rings. The van der Waals surface area contributed by atoms with Gasteiger partial charge in [0.2, 0.25) is 5.82 Å². The molecular formula is C13H15N3O3. The normalized spacial score (nSPS) is 22.6. The van der Waals surface area contributed by atoms with Crippen molar-refractivity contribution in [1.82, 2.24) is 15.5 Å². The molecule has 0 aliphatic carbocycles. The van der Waals surface area contributed by atoms with E-state index in [2.05, 4.69) is 15.5 Å². The van der Waals surface area contributed by atoms with Crippen LogP contribution in [0, 0.1) is 0 Å². The second kappa shape index (κ2) is 4.99. The molecule has 1 atom stereocenters. The lowest BCUT2D eigenvalue weighted by atomic mass is 10.0. The number of β-amino-alcohol motifs (C(OH)–C–C–N with tert-alkyl or cyclic N) is 1. The molecule has 0 saturated carbocycles. The fraction of sp³-hybridized carbons (Fsp3) is 0.385. The molecule has 6 nitrogen and oxygen atoms in total. The molecule has 0 spiro atoms. The Bertz CT molecular complexity index is 535. The first-order chi connectivity index (χ1) is 9.26.